The Balaban J connectivity index is 3.27. The maximum absolute atomic E-state index is 12.2. The first-order valence-electron chi connectivity index (χ1n) is 4.68. The molecular weight excluding hydrogens is 241 g/mol. The molecule has 0 aliphatic heterocycles. The normalized spacial score (nSPS) is 11.6. The molecule has 0 aliphatic rings. The van der Waals surface area contributed by atoms with Crippen LogP contribution in [0.4, 0.5) is 13.2 Å². The number of rotatable bonds is 2. The summed E-state index contributed by atoms with van der Waals surface area (Å²) in [5.41, 5.74) is 0.675. The molecule has 88 valence electrons. The minimum Gasteiger partial charge on any atom is -0.284 e. The Morgan fingerprint density at radius 2 is 1.94 bits per heavy atom. The van der Waals surface area contributed by atoms with Gasteiger partial charge in [-0.05, 0) is 36.6 Å². The number of Topliss-reactive ketones (excluding diaryl/α,β-unsaturated/α-hetero) is 1. The van der Waals surface area contributed by atoms with Crippen LogP contribution in [0.1, 0.15) is 28.4 Å². The second kappa shape index (κ2) is 4.45. The van der Waals surface area contributed by atoms with Gasteiger partial charge >= 0.3 is 6.18 Å². The van der Waals surface area contributed by atoms with E-state index in [4.69, 9.17) is 11.6 Å². The van der Waals surface area contributed by atoms with Gasteiger partial charge in [0.2, 0.25) is 0 Å². The maximum atomic E-state index is 12.2. The molecule has 5 heteroatoms. The quantitative estimate of drug-likeness (QED) is 0.726. The molecule has 1 aromatic carbocycles. The zero-order valence-corrected chi connectivity index (χ0v) is 9.54. The lowest BCUT2D eigenvalue weighted by Crippen LogP contribution is -2.23. The van der Waals surface area contributed by atoms with Gasteiger partial charge in [0.25, 0.3) is 5.78 Å². The average Bonchev–Trinajstić information content (AvgIpc) is 2.19. The van der Waals surface area contributed by atoms with Crippen molar-refractivity contribution in [2.24, 2.45) is 0 Å². The molecule has 16 heavy (non-hydrogen) atoms. The van der Waals surface area contributed by atoms with Crippen molar-refractivity contribution in [3.63, 3.8) is 0 Å². The van der Waals surface area contributed by atoms with Crippen molar-refractivity contribution < 1.29 is 18.0 Å². The van der Waals surface area contributed by atoms with Crippen LogP contribution in [-0.2, 0) is 6.42 Å². The molecule has 1 aromatic rings. The molecule has 1 nitrogen and oxygen atoms in total. The van der Waals surface area contributed by atoms with Gasteiger partial charge in [0.15, 0.2) is 0 Å². The predicted molar refractivity (Wildman–Crippen MR) is 56.0 cm³/mol. The van der Waals surface area contributed by atoms with Crippen molar-refractivity contribution in [3.8, 4) is 0 Å². The molecular formula is C11H10ClF3O. The van der Waals surface area contributed by atoms with E-state index < -0.39 is 12.0 Å². The molecule has 0 bridgehead atoms. The highest BCUT2D eigenvalue weighted by Gasteiger charge is 2.39. The number of alkyl halides is 3. The van der Waals surface area contributed by atoms with Gasteiger partial charge in [0.1, 0.15) is 0 Å². The summed E-state index contributed by atoms with van der Waals surface area (Å²) in [6.07, 6.45) is -4.36. The van der Waals surface area contributed by atoms with Gasteiger partial charge in [0, 0.05) is 10.6 Å². The Hall–Kier alpha value is -1.03. The molecule has 0 atom stereocenters. The summed E-state index contributed by atoms with van der Waals surface area (Å²) in [5, 5.41) is 0.418. The fourth-order valence-corrected chi connectivity index (χ4v) is 1.64. The van der Waals surface area contributed by atoms with Crippen LogP contribution in [0.5, 0.6) is 0 Å². The van der Waals surface area contributed by atoms with Crippen molar-refractivity contribution >= 4 is 17.4 Å². The first-order chi connectivity index (χ1) is 7.27. The lowest BCUT2D eigenvalue weighted by atomic mass is 10.0. The second-order valence-electron chi connectivity index (χ2n) is 3.45. The van der Waals surface area contributed by atoms with Crippen LogP contribution in [0.25, 0.3) is 0 Å². The Bertz CT molecular complexity index is 424. The van der Waals surface area contributed by atoms with Crippen molar-refractivity contribution in [1.82, 2.24) is 0 Å². The predicted octanol–water partition coefficient (Wildman–Crippen LogP) is 3.96. The lowest BCUT2D eigenvalue weighted by Gasteiger charge is -2.10. The van der Waals surface area contributed by atoms with Crippen molar-refractivity contribution in [2.75, 3.05) is 0 Å². The van der Waals surface area contributed by atoms with Crippen molar-refractivity contribution in [1.29, 1.82) is 0 Å². The highest BCUT2D eigenvalue weighted by molar-refractivity contribution is 6.32. The molecule has 0 aromatic heterocycles. The molecule has 0 radical (unpaired) electrons. The third-order valence-electron chi connectivity index (χ3n) is 2.23. The number of carbonyl (C=O) groups excluding carboxylic acids is 1. The van der Waals surface area contributed by atoms with Gasteiger partial charge < -0.3 is 0 Å². The third-order valence-corrected chi connectivity index (χ3v) is 2.77. The number of benzene rings is 1. The Labute approximate surface area is 96.2 Å². The monoisotopic (exact) mass is 250 g/mol. The van der Waals surface area contributed by atoms with Crippen LogP contribution in [0, 0.1) is 6.92 Å². The van der Waals surface area contributed by atoms with E-state index in [1.165, 1.54) is 6.07 Å². The SMILES string of the molecule is CCc1cc(C(=O)C(F)(F)F)cc(C)c1Cl. The molecule has 0 saturated heterocycles. The second-order valence-corrected chi connectivity index (χ2v) is 3.82. The molecule has 0 aliphatic carbocycles. The molecule has 0 spiro atoms. The van der Waals surface area contributed by atoms with E-state index in [-0.39, 0.29) is 5.56 Å². The Kier molecular flexibility index (Phi) is 3.63. The van der Waals surface area contributed by atoms with Crippen LogP contribution in [0.3, 0.4) is 0 Å². The zero-order chi connectivity index (χ0) is 12.5. The highest BCUT2D eigenvalue weighted by Crippen LogP contribution is 2.27. The highest BCUT2D eigenvalue weighted by atomic mass is 35.5. The van der Waals surface area contributed by atoms with E-state index in [1.807, 2.05) is 0 Å². The summed E-state index contributed by atoms with van der Waals surface area (Å²) in [7, 11) is 0. The van der Waals surface area contributed by atoms with Crippen LogP contribution >= 0.6 is 11.6 Å². The summed E-state index contributed by atoms with van der Waals surface area (Å²) < 4.78 is 36.7. The van der Waals surface area contributed by atoms with E-state index in [0.29, 0.717) is 22.6 Å². The number of ketones is 1. The minimum atomic E-state index is -4.84. The van der Waals surface area contributed by atoms with Gasteiger partial charge in [-0.2, -0.15) is 13.2 Å². The minimum absolute atomic E-state index is 0.355. The standard InChI is InChI=1S/C11H10ClF3O/c1-3-7-5-8(4-6(2)9(7)12)10(16)11(13,14)15/h4-5H,3H2,1-2H3. The maximum Gasteiger partial charge on any atom is 0.454 e. The summed E-state index contributed by atoms with van der Waals surface area (Å²) in [6.45, 7) is 3.34. The lowest BCUT2D eigenvalue weighted by molar-refractivity contribution is -0.0885. The smallest absolute Gasteiger partial charge is 0.284 e. The first kappa shape index (κ1) is 13.0. The Morgan fingerprint density at radius 1 is 1.38 bits per heavy atom. The molecule has 0 fully saturated rings. The largest absolute Gasteiger partial charge is 0.454 e. The summed E-state index contributed by atoms with van der Waals surface area (Å²) >= 11 is 5.89. The molecule has 0 heterocycles. The van der Waals surface area contributed by atoms with Crippen LogP contribution in [-0.4, -0.2) is 12.0 Å². The fraction of sp³-hybridized carbons (Fsp3) is 0.364. The van der Waals surface area contributed by atoms with Crippen LogP contribution in [0.15, 0.2) is 12.1 Å². The number of halogens is 4. The van der Waals surface area contributed by atoms with Gasteiger partial charge in [0.05, 0.1) is 0 Å². The van der Waals surface area contributed by atoms with E-state index in [9.17, 15) is 18.0 Å². The van der Waals surface area contributed by atoms with Gasteiger partial charge in [-0.15, -0.1) is 0 Å². The number of aryl methyl sites for hydroxylation is 2. The summed E-state index contributed by atoms with van der Waals surface area (Å²) in [5.74, 6) is -1.83. The summed E-state index contributed by atoms with van der Waals surface area (Å²) in [4.78, 5) is 11.0. The Morgan fingerprint density at radius 3 is 2.38 bits per heavy atom. The van der Waals surface area contributed by atoms with E-state index in [0.717, 1.165) is 6.07 Å². The molecule has 0 N–H and O–H groups in total. The average molecular weight is 251 g/mol. The first-order valence-corrected chi connectivity index (χ1v) is 5.05. The van der Waals surface area contributed by atoms with E-state index in [1.54, 1.807) is 13.8 Å². The van der Waals surface area contributed by atoms with Crippen LogP contribution < -0.4 is 0 Å². The van der Waals surface area contributed by atoms with Gasteiger partial charge in [-0.25, -0.2) is 0 Å². The number of hydrogen-bond donors (Lipinski definition) is 0. The van der Waals surface area contributed by atoms with Gasteiger partial charge in [-0.1, -0.05) is 18.5 Å². The molecule has 0 amide bonds. The van der Waals surface area contributed by atoms with Crippen molar-refractivity contribution in [2.45, 2.75) is 26.4 Å². The van der Waals surface area contributed by atoms with E-state index >= 15 is 0 Å². The summed E-state index contributed by atoms with van der Waals surface area (Å²) in [6, 6.07) is 2.36. The molecule has 0 unspecified atom stereocenters. The third kappa shape index (κ3) is 2.55. The van der Waals surface area contributed by atoms with Crippen molar-refractivity contribution in [3.05, 3.63) is 33.8 Å². The molecule has 0 saturated carbocycles. The topological polar surface area (TPSA) is 17.1 Å². The number of carbonyl (C=O) groups is 1. The van der Waals surface area contributed by atoms with E-state index in [2.05, 4.69) is 0 Å². The fourth-order valence-electron chi connectivity index (χ4n) is 1.39. The number of hydrogen-bond acceptors (Lipinski definition) is 1. The van der Waals surface area contributed by atoms with Crippen LogP contribution in [0.2, 0.25) is 5.02 Å². The van der Waals surface area contributed by atoms with Gasteiger partial charge in [-0.3, -0.25) is 4.79 Å². The zero-order valence-electron chi connectivity index (χ0n) is 8.78. The molecule has 1 rings (SSSR count).